The Morgan fingerprint density at radius 1 is 1.29 bits per heavy atom. The average Bonchev–Trinajstić information content (AvgIpc) is 3.39. The molecule has 0 aliphatic heterocycles. The molecule has 0 fully saturated rings. The van der Waals surface area contributed by atoms with Crippen molar-refractivity contribution in [1.29, 1.82) is 0 Å². The summed E-state index contributed by atoms with van der Waals surface area (Å²) in [4.78, 5) is 25.6. The first-order valence-electron chi connectivity index (χ1n) is 11.5. The fourth-order valence-corrected chi connectivity index (χ4v) is 5.66. The number of aromatic amines is 1. The van der Waals surface area contributed by atoms with Crippen LogP contribution in [0.2, 0.25) is 0 Å². The number of ether oxygens (including phenoxy) is 1. The van der Waals surface area contributed by atoms with Gasteiger partial charge in [0.05, 0.1) is 29.4 Å². The molecule has 3 heterocycles. The average molecular weight is 479 g/mol. The van der Waals surface area contributed by atoms with Crippen molar-refractivity contribution in [1.82, 2.24) is 25.1 Å². The van der Waals surface area contributed by atoms with E-state index in [1.807, 2.05) is 26.2 Å². The number of rotatable bonds is 5. The lowest BCUT2D eigenvalue weighted by Crippen LogP contribution is -2.32. The minimum absolute atomic E-state index is 0.0232. The van der Waals surface area contributed by atoms with E-state index in [1.165, 1.54) is 10.4 Å². The lowest BCUT2D eigenvalue weighted by Gasteiger charge is -2.24. The molecule has 178 valence electrons. The third-order valence-electron chi connectivity index (χ3n) is 6.09. The Kier molecular flexibility index (Phi) is 5.67. The van der Waals surface area contributed by atoms with Crippen LogP contribution in [0.5, 0.6) is 5.75 Å². The monoisotopic (exact) mass is 478 g/mol. The van der Waals surface area contributed by atoms with Gasteiger partial charge in [0.25, 0.3) is 0 Å². The van der Waals surface area contributed by atoms with Crippen LogP contribution in [0.15, 0.2) is 24.7 Å². The molecule has 5 rings (SSSR count). The fraction of sp³-hybridized carbons (Fsp3) is 0.440. The maximum absolute atomic E-state index is 12.6. The molecule has 34 heavy (non-hydrogen) atoms. The van der Waals surface area contributed by atoms with Crippen LogP contribution in [0.4, 0.5) is 11.5 Å². The highest BCUT2D eigenvalue weighted by Crippen LogP contribution is 2.42. The molecule has 3 aromatic heterocycles. The zero-order valence-corrected chi connectivity index (χ0v) is 21.0. The number of carbonyl (C=O) groups is 1. The molecule has 1 atom stereocenters. The van der Waals surface area contributed by atoms with E-state index < -0.39 is 0 Å². The molecular formula is C25H30N6O2S. The topological polar surface area (TPSA) is 96.0 Å². The van der Waals surface area contributed by atoms with E-state index in [2.05, 4.69) is 46.3 Å². The lowest BCUT2D eigenvalue weighted by atomic mass is 9.87. The van der Waals surface area contributed by atoms with Gasteiger partial charge >= 0.3 is 0 Å². The van der Waals surface area contributed by atoms with E-state index in [4.69, 9.17) is 4.74 Å². The molecule has 1 amide bonds. The molecule has 1 aliphatic carbocycles. The van der Waals surface area contributed by atoms with Crippen molar-refractivity contribution in [3.05, 3.63) is 35.1 Å². The van der Waals surface area contributed by atoms with Gasteiger partial charge in [-0.25, -0.2) is 9.97 Å². The van der Waals surface area contributed by atoms with Gasteiger partial charge in [0.15, 0.2) is 0 Å². The second kappa shape index (κ2) is 8.54. The van der Waals surface area contributed by atoms with Gasteiger partial charge in [-0.1, -0.05) is 20.8 Å². The van der Waals surface area contributed by atoms with E-state index in [9.17, 15) is 4.79 Å². The van der Waals surface area contributed by atoms with Crippen molar-refractivity contribution < 1.29 is 9.53 Å². The minimum atomic E-state index is 0.0232. The van der Waals surface area contributed by atoms with Crippen LogP contribution in [-0.2, 0) is 17.6 Å². The molecule has 0 radical (unpaired) electrons. The number of nitrogens with one attached hydrogen (secondary N) is 2. The first kappa shape index (κ1) is 22.6. The summed E-state index contributed by atoms with van der Waals surface area (Å²) in [6.07, 6.45) is 5.84. The van der Waals surface area contributed by atoms with Crippen molar-refractivity contribution in [3.63, 3.8) is 0 Å². The van der Waals surface area contributed by atoms with Gasteiger partial charge in [-0.3, -0.25) is 9.89 Å². The predicted molar refractivity (Wildman–Crippen MR) is 136 cm³/mol. The standard InChI is InChI=1S/C25H30N6O2S/c1-25(2,3)12-33-19-10-17-15(11-28-30-17)8-18(19)29-22-21-16-7-6-14(24(32)31(4)5)9-20(16)34-23(21)27-13-26-22/h8,10-11,13-14H,6-7,9,12H2,1-5H3,(H,28,30)(H,26,27,29)/t14-/m0/s1. The summed E-state index contributed by atoms with van der Waals surface area (Å²) in [5.41, 5.74) is 3.05. The number of fused-ring (bicyclic) bond motifs is 4. The van der Waals surface area contributed by atoms with E-state index in [1.54, 1.807) is 28.8 Å². The molecule has 1 aliphatic rings. The highest BCUT2D eigenvalue weighted by atomic mass is 32.1. The quantitative estimate of drug-likeness (QED) is 0.422. The zero-order chi connectivity index (χ0) is 24.0. The van der Waals surface area contributed by atoms with Crippen molar-refractivity contribution in [2.24, 2.45) is 11.3 Å². The highest BCUT2D eigenvalue weighted by Gasteiger charge is 2.30. The van der Waals surface area contributed by atoms with E-state index >= 15 is 0 Å². The van der Waals surface area contributed by atoms with Gasteiger partial charge < -0.3 is 15.0 Å². The Morgan fingerprint density at radius 2 is 2.12 bits per heavy atom. The number of hydrogen-bond donors (Lipinski definition) is 2. The molecule has 0 saturated carbocycles. The Hall–Kier alpha value is -3.20. The summed E-state index contributed by atoms with van der Waals surface area (Å²) in [5, 5.41) is 12.8. The second-order valence-corrected chi connectivity index (χ2v) is 11.4. The van der Waals surface area contributed by atoms with Crippen LogP contribution in [-0.4, -0.2) is 51.7 Å². The van der Waals surface area contributed by atoms with E-state index in [0.29, 0.717) is 6.61 Å². The van der Waals surface area contributed by atoms with Crippen LogP contribution < -0.4 is 10.1 Å². The van der Waals surface area contributed by atoms with Gasteiger partial charge in [0.2, 0.25) is 5.91 Å². The number of amides is 1. The maximum atomic E-state index is 12.6. The zero-order valence-electron chi connectivity index (χ0n) is 20.2. The first-order valence-corrected chi connectivity index (χ1v) is 12.3. The molecule has 2 N–H and O–H groups in total. The number of carbonyl (C=O) groups excluding carboxylic acids is 1. The predicted octanol–water partition coefficient (Wildman–Crippen LogP) is 4.93. The summed E-state index contributed by atoms with van der Waals surface area (Å²) in [6.45, 7) is 7.02. The van der Waals surface area contributed by atoms with Gasteiger partial charge in [-0.05, 0) is 36.3 Å². The number of aromatic nitrogens is 4. The van der Waals surface area contributed by atoms with E-state index in [-0.39, 0.29) is 17.2 Å². The van der Waals surface area contributed by atoms with Gasteiger partial charge in [-0.15, -0.1) is 11.3 Å². The lowest BCUT2D eigenvalue weighted by molar-refractivity contribution is -0.133. The Balaban J connectivity index is 1.52. The molecule has 0 bridgehead atoms. The summed E-state index contributed by atoms with van der Waals surface area (Å²) in [5.74, 6) is 1.74. The summed E-state index contributed by atoms with van der Waals surface area (Å²) in [6, 6.07) is 4.02. The molecule has 8 nitrogen and oxygen atoms in total. The maximum Gasteiger partial charge on any atom is 0.225 e. The number of hydrogen-bond acceptors (Lipinski definition) is 7. The first-order chi connectivity index (χ1) is 16.2. The summed E-state index contributed by atoms with van der Waals surface area (Å²) < 4.78 is 6.23. The van der Waals surface area contributed by atoms with Crippen LogP contribution >= 0.6 is 11.3 Å². The molecule has 4 aromatic rings. The smallest absolute Gasteiger partial charge is 0.225 e. The largest absolute Gasteiger partial charge is 0.491 e. The van der Waals surface area contributed by atoms with Crippen molar-refractivity contribution in [2.45, 2.75) is 40.0 Å². The number of anilines is 2. The molecule has 0 saturated heterocycles. The Labute approximate surface area is 202 Å². The molecule has 1 aromatic carbocycles. The van der Waals surface area contributed by atoms with Crippen LogP contribution in [0.3, 0.4) is 0 Å². The van der Waals surface area contributed by atoms with Gasteiger partial charge in [0, 0.05) is 36.3 Å². The van der Waals surface area contributed by atoms with Crippen LogP contribution in [0.25, 0.3) is 21.1 Å². The molecule has 0 unspecified atom stereocenters. The second-order valence-electron chi connectivity index (χ2n) is 10.4. The van der Waals surface area contributed by atoms with Crippen molar-refractivity contribution in [2.75, 3.05) is 26.0 Å². The third kappa shape index (κ3) is 4.32. The number of H-pyrrole nitrogens is 1. The number of thiophene rings is 1. The summed E-state index contributed by atoms with van der Waals surface area (Å²) in [7, 11) is 3.65. The third-order valence-corrected chi connectivity index (χ3v) is 7.25. The van der Waals surface area contributed by atoms with Crippen molar-refractivity contribution in [3.8, 4) is 5.75 Å². The van der Waals surface area contributed by atoms with Crippen LogP contribution in [0.1, 0.15) is 37.6 Å². The molecule has 9 heteroatoms. The number of aryl methyl sites for hydroxylation is 1. The normalized spacial score (nSPS) is 16.0. The van der Waals surface area contributed by atoms with Gasteiger partial charge in [0.1, 0.15) is 22.7 Å². The Bertz CT molecular complexity index is 1370. The SMILES string of the molecule is CN(C)C(=O)[C@H]1CCc2c(sc3ncnc(Nc4cc5cn[nH]c5cc4OCC(C)(C)C)c23)C1. The minimum Gasteiger partial charge on any atom is -0.491 e. The molecule has 0 spiro atoms. The fourth-order valence-electron chi connectivity index (χ4n) is 4.39. The number of nitrogens with zero attached hydrogens (tertiary/aromatic N) is 4. The van der Waals surface area contributed by atoms with E-state index in [0.717, 1.165) is 57.6 Å². The number of benzene rings is 1. The summed E-state index contributed by atoms with van der Waals surface area (Å²) >= 11 is 1.67. The van der Waals surface area contributed by atoms with Crippen molar-refractivity contribution >= 4 is 49.9 Å². The van der Waals surface area contributed by atoms with Gasteiger partial charge in [-0.2, -0.15) is 5.10 Å². The highest BCUT2D eigenvalue weighted by molar-refractivity contribution is 7.19. The van der Waals surface area contributed by atoms with Crippen LogP contribution in [0, 0.1) is 11.3 Å². The molecular weight excluding hydrogens is 448 g/mol. The Morgan fingerprint density at radius 3 is 2.88 bits per heavy atom.